The van der Waals surface area contributed by atoms with E-state index in [1.165, 1.54) is 16.2 Å². The fraction of sp³-hybridized carbons (Fsp3) is 0.389. The number of hydrogen-bond donors (Lipinski definition) is 1. The number of aryl methyl sites for hydroxylation is 1. The van der Waals surface area contributed by atoms with Crippen LogP contribution in [0.1, 0.15) is 34.7 Å². The van der Waals surface area contributed by atoms with E-state index in [1.54, 1.807) is 25.5 Å². The summed E-state index contributed by atoms with van der Waals surface area (Å²) in [4.78, 5) is 30.4. The number of amides is 1. The summed E-state index contributed by atoms with van der Waals surface area (Å²) >= 11 is 0. The molecule has 1 amide bonds. The highest BCUT2D eigenvalue weighted by molar-refractivity contribution is 5.94. The highest BCUT2D eigenvalue weighted by Gasteiger charge is 2.26. The second-order valence-corrected chi connectivity index (χ2v) is 6.18. The summed E-state index contributed by atoms with van der Waals surface area (Å²) in [5.74, 6) is 1.14. The van der Waals surface area contributed by atoms with Crippen molar-refractivity contribution in [1.82, 2.24) is 14.5 Å². The van der Waals surface area contributed by atoms with E-state index in [9.17, 15) is 9.59 Å². The maximum atomic E-state index is 12.7. The molecule has 1 fully saturated rings. The Hall–Kier alpha value is -2.63. The molecule has 0 aromatic carbocycles. The van der Waals surface area contributed by atoms with E-state index < -0.39 is 0 Å². The van der Waals surface area contributed by atoms with Gasteiger partial charge in [-0.05, 0) is 36.6 Å². The molecule has 126 valence electrons. The number of nitrogens with one attached hydrogen (secondary N) is 1. The zero-order chi connectivity index (χ0) is 17.1. The van der Waals surface area contributed by atoms with Crippen LogP contribution in [-0.4, -0.2) is 40.5 Å². The van der Waals surface area contributed by atoms with E-state index in [0.29, 0.717) is 18.0 Å². The van der Waals surface area contributed by atoms with Crippen LogP contribution in [0.15, 0.2) is 41.5 Å². The van der Waals surface area contributed by atoms with Gasteiger partial charge in [0.1, 0.15) is 5.82 Å². The van der Waals surface area contributed by atoms with E-state index in [4.69, 9.17) is 0 Å². The van der Waals surface area contributed by atoms with Crippen LogP contribution in [0, 0.1) is 0 Å². The third-order valence-electron chi connectivity index (χ3n) is 4.55. The molecule has 6 nitrogen and oxygen atoms in total. The van der Waals surface area contributed by atoms with Gasteiger partial charge in [0.2, 0.25) is 5.56 Å². The highest BCUT2D eigenvalue weighted by atomic mass is 16.2. The first-order valence-electron chi connectivity index (χ1n) is 8.18. The van der Waals surface area contributed by atoms with E-state index >= 15 is 0 Å². The molecular weight excluding hydrogens is 304 g/mol. The first-order chi connectivity index (χ1) is 11.6. The van der Waals surface area contributed by atoms with E-state index in [1.807, 2.05) is 24.1 Å². The molecule has 6 heteroatoms. The largest absolute Gasteiger partial charge is 0.373 e. The van der Waals surface area contributed by atoms with Crippen molar-refractivity contribution in [2.75, 3.05) is 25.5 Å². The zero-order valence-electron chi connectivity index (χ0n) is 14.0. The highest BCUT2D eigenvalue weighted by Crippen LogP contribution is 2.28. The Labute approximate surface area is 141 Å². The number of hydrogen-bond acceptors (Lipinski definition) is 4. The molecular formula is C18H22N4O2. The number of nitrogens with zero attached hydrogens (tertiary/aromatic N) is 3. The Morgan fingerprint density at radius 1 is 1.33 bits per heavy atom. The number of piperidine rings is 1. The predicted octanol–water partition coefficient (Wildman–Crippen LogP) is 1.84. The Kier molecular flexibility index (Phi) is 4.64. The lowest BCUT2D eigenvalue weighted by Crippen LogP contribution is -2.39. The molecule has 3 rings (SSSR count). The first kappa shape index (κ1) is 16.2. The summed E-state index contributed by atoms with van der Waals surface area (Å²) in [6, 6.07) is 7.12. The summed E-state index contributed by atoms with van der Waals surface area (Å²) in [5.41, 5.74) is 1.65. The molecule has 1 atom stereocenters. The lowest BCUT2D eigenvalue weighted by molar-refractivity contribution is 0.0706. The van der Waals surface area contributed by atoms with Crippen LogP contribution >= 0.6 is 0 Å². The summed E-state index contributed by atoms with van der Waals surface area (Å²) in [7, 11) is 3.51. The van der Waals surface area contributed by atoms with Crippen molar-refractivity contribution in [2.45, 2.75) is 18.8 Å². The molecule has 0 saturated carbocycles. The zero-order valence-corrected chi connectivity index (χ0v) is 14.0. The molecule has 1 aliphatic rings. The van der Waals surface area contributed by atoms with Gasteiger partial charge >= 0.3 is 0 Å². The van der Waals surface area contributed by atoms with Crippen molar-refractivity contribution >= 4 is 11.7 Å². The van der Waals surface area contributed by atoms with Gasteiger partial charge in [0.25, 0.3) is 5.91 Å². The molecule has 0 unspecified atom stereocenters. The van der Waals surface area contributed by atoms with Gasteiger partial charge in [-0.3, -0.25) is 9.59 Å². The maximum Gasteiger partial charge on any atom is 0.255 e. The predicted molar refractivity (Wildman–Crippen MR) is 93.3 cm³/mol. The van der Waals surface area contributed by atoms with Crippen LogP contribution < -0.4 is 10.9 Å². The second-order valence-electron chi connectivity index (χ2n) is 6.18. The second kappa shape index (κ2) is 6.86. The van der Waals surface area contributed by atoms with Gasteiger partial charge in [-0.1, -0.05) is 0 Å². The minimum Gasteiger partial charge on any atom is -0.373 e. The van der Waals surface area contributed by atoms with Crippen LogP contribution in [0.4, 0.5) is 5.82 Å². The summed E-state index contributed by atoms with van der Waals surface area (Å²) in [6.45, 7) is 1.44. The molecule has 24 heavy (non-hydrogen) atoms. The molecule has 0 radical (unpaired) electrons. The van der Waals surface area contributed by atoms with Crippen molar-refractivity contribution in [3.8, 4) is 0 Å². The van der Waals surface area contributed by atoms with Crippen LogP contribution in [-0.2, 0) is 7.05 Å². The molecule has 0 aliphatic carbocycles. The Bertz CT molecular complexity index is 800. The third kappa shape index (κ3) is 3.32. The van der Waals surface area contributed by atoms with Crippen molar-refractivity contribution in [2.24, 2.45) is 7.05 Å². The van der Waals surface area contributed by atoms with E-state index in [0.717, 1.165) is 25.2 Å². The minimum absolute atomic E-state index is 0.0156. The van der Waals surface area contributed by atoms with E-state index in [2.05, 4.69) is 10.3 Å². The molecule has 1 N–H and O–H groups in total. The first-order valence-corrected chi connectivity index (χ1v) is 8.18. The quantitative estimate of drug-likeness (QED) is 0.934. The molecule has 1 saturated heterocycles. The van der Waals surface area contributed by atoms with Crippen molar-refractivity contribution < 1.29 is 4.79 Å². The van der Waals surface area contributed by atoms with Gasteiger partial charge in [-0.2, -0.15) is 0 Å². The van der Waals surface area contributed by atoms with Gasteiger partial charge in [0, 0.05) is 51.6 Å². The van der Waals surface area contributed by atoms with Crippen molar-refractivity contribution in [1.29, 1.82) is 0 Å². The van der Waals surface area contributed by atoms with Gasteiger partial charge < -0.3 is 14.8 Å². The normalized spacial score (nSPS) is 17.6. The lowest BCUT2D eigenvalue weighted by atomic mass is 9.91. The van der Waals surface area contributed by atoms with Gasteiger partial charge in [-0.15, -0.1) is 0 Å². The lowest BCUT2D eigenvalue weighted by Gasteiger charge is -2.33. The van der Waals surface area contributed by atoms with Crippen LogP contribution in [0.3, 0.4) is 0 Å². The van der Waals surface area contributed by atoms with Gasteiger partial charge in [-0.25, -0.2) is 4.98 Å². The van der Waals surface area contributed by atoms with Crippen molar-refractivity contribution in [3.05, 3.63) is 58.1 Å². The topological polar surface area (TPSA) is 67.2 Å². The maximum absolute atomic E-state index is 12.7. The SMILES string of the molecule is CNc1cc([C@@H]2CCCN(C(=O)c3ccc(=O)n(C)c3)C2)ccn1. The molecule has 0 bridgehead atoms. The molecule has 3 heterocycles. The number of aromatic nitrogens is 2. The fourth-order valence-electron chi connectivity index (χ4n) is 3.17. The van der Waals surface area contributed by atoms with Crippen LogP contribution in [0.25, 0.3) is 0 Å². The minimum atomic E-state index is -0.112. The Balaban J connectivity index is 1.78. The van der Waals surface area contributed by atoms with E-state index in [-0.39, 0.29) is 11.5 Å². The van der Waals surface area contributed by atoms with Gasteiger partial charge in [0.15, 0.2) is 0 Å². The number of pyridine rings is 2. The Morgan fingerprint density at radius 3 is 2.92 bits per heavy atom. The standard InChI is InChI=1S/C18H22N4O2/c1-19-16-10-13(7-8-20-16)14-4-3-9-22(12-14)18(24)15-5-6-17(23)21(2)11-15/h5-8,10-11,14H,3-4,9,12H2,1-2H3,(H,19,20)/t14-/m1/s1. The van der Waals surface area contributed by atoms with Crippen molar-refractivity contribution in [3.63, 3.8) is 0 Å². The van der Waals surface area contributed by atoms with Crippen LogP contribution in [0.5, 0.6) is 0 Å². The number of rotatable bonds is 3. The fourth-order valence-corrected chi connectivity index (χ4v) is 3.17. The number of carbonyl (C=O) groups is 1. The average Bonchev–Trinajstić information content (AvgIpc) is 2.63. The smallest absolute Gasteiger partial charge is 0.255 e. The summed E-state index contributed by atoms with van der Waals surface area (Å²) in [6.07, 6.45) is 5.44. The summed E-state index contributed by atoms with van der Waals surface area (Å²) in [5, 5.41) is 3.05. The number of likely N-dealkylation sites (tertiary alicyclic amines) is 1. The number of anilines is 1. The number of carbonyl (C=O) groups excluding carboxylic acids is 1. The molecule has 2 aromatic heterocycles. The molecule has 1 aliphatic heterocycles. The third-order valence-corrected chi connectivity index (χ3v) is 4.55. The Morgan fingerprint density at radius 2 is 2.17 bits per heavy atom. The molecule has 0 spiro atoms. The van der Waals surface area contributed by atoms with Gasteiger partial charge in [0.05, 0.1) is 5.56 Å². The summed E-state index contributed by atoms with van der Waals surface area (Å²) < 4.78 is 1.44. The average molecular weight is 326 g/mol. The molecule has 2 aromatic rings. The monoisotopic (exact) mass is 326 g/mol. The van der Waals surface area contributed by atoms with Crippen LogP contribution in [0.2, 0.25) is 0 Å².